The minimum Gasteiger partial charge on any atom is -0.305 e. The first kappa shape index (κ1) is 12.3. The molecule has 90 valence electrons. The molecule has 0 aliphatic heterocycles. The maximum atomic E-state index is 8.91. The molecule has 1 N–H and O–H groups in total. The van der Waals surface area contributed by atoms with E-state index in [2.05, 4.69) is 35.7 Å². The molecule has 1 unspecified atom stereocenters. The highest BCUT2D eigenvalue weighted by molar-refractivity contribution is 5.21. The zero-order chi connectivity index (χ0) is 12.6. The molecule has 0 spiro atoms. The second-order valence-corrected chi connectivity index (χ2v) is 4.19. The summed E-state index contributed by atoms with van der Waals surface area (Å²) in [6.07, 6.45) is 0.483. The van der Waals surface area contributed by atoms with Crippen LogP contribution in [-0.4, -0.2) is 0 Å². The third-order valence-electron chi connectivity index (χ3n) is 2.89. The fourth-order valence-corrected chi connectivity index (χ4v) is 1.92. The van der Waals surface area contributed by atoms with Gasteiger partial charge in [0.05, 0.1) is 12.5 Å². The zero-order valence-corrected chi connectivity index (χ0v) is 10.2. The second-order valence-electron chi connectivity index (χ2n) is 4.19. The first-order valence-corrected chi connectivity index (χ1v) is 6.09. The third kappa shape index (κ3) is 3.44. The number of benzene rings is 2. The first-order valence-electron chi connectivity index (χ1n) is 6.09. The standard InChI is InChI=1S/C16H16N2/c17-12-11-16(15-9-5-2-6-10-15)18-13-14-7-3-1-4-8-14/h1-10,16,18H,11,13H2. The van der Waals surface area contributed by atoms with Gasteiger partial charge in [-0.15, -0.1) is 0 Å². The molecule has 0 radical (unpaired) electrons. The predicted molar refractivity (Wildman–Crippen MR) is 72.7 cm³/mol. The van der Waals surface area contributed by atoms with E-state index in [1.54, 1.807) is 0 Å². The Hall–Kier alpha value is -2.11. The lowest BCUT2D eigenvalue weighted by atomic mass is 10.0. The highest BCUT2D eigenvalue weighted by Crippen LogP contribution is 2.16. The Bertz CT molecular complexity index is 500. The van der Waals surface area contributed by atoms with Crippen molar-refractivity contribution in [2.75, 3.05) is 0 Å². The Morgan fingerprint density at radius 3 is 2.17 bits per heavy atom. The van der Waals surface area contributed by atoms with Gasteiger partial charge in [-0.1, -0.05) is 60.7 Å². The summed E-state index contributed by atoms with van der Waals surface area (Å²) in [6.45, 7) is 0.780. The Balaban J connectivity index is 2.02. The van der Waals surface area contributed by atoms with Crippen LogP contribution in [0.3, 0.4) is 0 Å². The van der Waals surface area contributed by atoms with E-state index in [0.717, 1.165) is 12.1 Å². The molecular formula is C16H16N2. The van der Waals surface area contributed by atoms with Gasteiger partial charge in [-0.3, -0.25) is 0 Å². The van der Waals surface area contributed by atoms with Crippen molar-refractivity contribution in [3.63, 3.8) is 0 Å². The molecule has 0 saturated heterocycles. The van der Waals surface area contributed by atoms with Crippen LogP contribution in [-0.2, 0) is 6.54 Å². The topological polar surface area (TPSA) is 35.8 Å². The van der Waals surface area contributed by atoms with E-state index >= 15 is 0 Å². The Labute approximate surface area is 108 Å². The molecule has 0 aliphatic rings. The summed E-state index contributed by atoms with van der Waals surface area (Å²) in [4.78, 5) is 0. The van der Waals surface area contributed by atoms with Crippen molar-refractivity contribution in [3.8, 4) is 6.07 Å². The average molecular weight is 236 g/mol. The summed E-state index contributed by atoms with van der Waals surface area (Å²) in [5, 5.41) is 12.3. The number of rotatable bonds is 5. The summed E-state index contributed by atoms with van der Waals surface area (Å²) < 4.78 is 0. The maximum Gasteiger partial charge on any atom is 0.0641 e. The molecule has 2 aromatic carbocycles. The van der Waals surface area contributed by atoms with Crippen LogP contribution in [0.5, 0.6) is 0 Å². The molecule has 0 aliphatic carbocycles. The van der Waals surface area contributed by atoms with Crippen LogP contribution in [0.15, 0.2) is 60.7 Å². The van der Waals surface area contributed by atoms with Gasteiger partial charge in [-0.2, -0.15) is 5.26 Å². The van der Waals surface area contributed by atoms with Crippen LogP contribution in [0.2, 0.25) is 0 Å². The summed E-state index contributed by atoms with van der Waals surface area (Å²) in [5.74, 6) is 0. The van der Waals surface area contributed by atoms with Gasteiger partial charge in [-0.25, -0.2) is 0 Å². The van der Waals surface area contributed by atoms with Crippen molar-refractivity contribution in [2.24, 2.45) is 0 Å². The number of nitrogens with zero attached hydrogens (tertiary/aromatic N) is 1. The van der Waals surface area contributed by atoms with Gasteiger partial charge >= 0.3 is 0 Å². The molecule has 2 rings (SSSR count). The maximum absolute atomic E-state index is 8.91. The van der Waals surface area contributed by atoms with E-state index < -0.39 is 0 Å². The van der Waals surface area contributed by atoms with Crippen molar-refractivity contribution < 1.29 is 0 Å². The van der Waals surface area contributed by atoms with E-state index in [0.29, 0.717) is 6.42 Å². The lowest BCUT2D eigenvalue weighted by molar-refractivity contribution is 0.542. The number of nitrogens with one attached hydrogen (secondary N) is 1. The largest absolute Gasteiger partial charge is 0.305 e. The molecule has 2 nitrogen and oxygen atoms in total. The van der Waals surface area contributed by atoms with Crippen LogP contribution in [0.1, 0.15) is 23.6 Å². The summed E-state index contributed by atoms with van der Waals surface area (Å²) in [5.41, 5.74) is 2.39. The van der Waals surface area contributed by atoms with Gasteiger partial charge in [-0.05, 0) is 11.1 Å². The average Bonchev–Trinajstić information content (AvgIpc) is 2.45. The Morgan fingerprint density at radius 2 is 1.56 bits per heavy atom. The van der Waals surface area contributed by atoms with Crippen molar-refractivity contribution in [1.29, 1.82) is 5.26 Å². The molecule has 0 fully saturated rings. The number of nitriles is 1. The van der Waals surface area contributed by atoms with Crippen molar-refractivity contribution in [1.82, 2.24) is 5.32 Å². The molecule has 2 aromatic rings. The highest BCUT2D eigenvalue weighted by Gasteiger charge is 2.09. The van der Waals surface area contributed by atoms with Gasteiger partial charge in [0.25, 0.3) is 0 Å². The number of hydrogen-bond donors (Lipinski definition) is 1. The van der Waals surface area contributed by atoms with Gasteiger partial charge in [0.1, 0.15) is 0 Å². The monoisotopic (exact) mass is 236 g/mol. The van der Waals surface area contributed by atoms with Crippen LogP contribution in [0.4, 0.5) is 0 Å². The van der Waals surface area contributed by atoms with Crippen LogP contribution < -0.4 is 5.32 Å². The molecule has 0 saturated carbocycles. The molecule has 0 bridgehead atoms. The van der Waals surface area contributed by atoms with Gasteiger partial charge < -0.3 is 5.32 Å². The van der Waals surface area contributed by atoms with Crippen molar-refractivity contribution >= 4 is 0 Å². The first-order chi connectivity index (χ1) is 8.90. The molecule has 18 heavy (non-hydrogen) atoms. The molecule has 2 heteroatoms. The fourth-order valence-electron chi connectivity index (χ4n) is 1.92. The highest BCUT2D eigenvalue weighted by atomic mass is 14.9. The van der Waals surface area contributed by atoms with E-state index in [-0.39, 0.29) is 6.04 Å². The fraction of sp³-hybridized carbons (Fsp3) is 0.188. The van der Waals surface area contributed by atoms with E-state index in [1.807, 2.05) is 36.4 Å². The van der Waals surface area contributed by atoms with Crippen LogP contribution in [0.25, 0.3) is 0 Å². The van der Waals surface area contributed by atoms with Crippen LogP contribution in [0, 0.1) is 11.3 Å². The summed E-state index contributed by atoms with van der Waals surface area (Å²) >= 11 is 0. The minimum atomic E-state index is 0.0939. The van der Waals surface area contributed by atoms with E-state index in [4.69, 9.17) is 5.26 Å². The van der Waals surface area contributed by atoms with Gasteiger partial charge in [0, 0.05) is 12.6 Å². The molecular weight excluding hydrogens is 220 g/mol. The second kappa shape index (κ2) is 6.58. The Morgan fingerprint density at radius 1 is 0.944 bits per heavy atom. The quantitative estimate of drug-likeness (QED) is 0.863. The smallest absolute Gasteiger partial charge is 0.0641 e. The van der Waals surface area contributed by atoms with E-state index in [9.17, 15) is 0 Å². The SMILES string of the molecule is N#CCC(NCc1ccccc1)c1ccccc1. The summed E-state index contributed by atoms with van der Waals surface area (Å²) in [7, 11) is 0. The van der Waals surface area contributed by atoms with Crippen LogP contribution >= 0.6 is 0 Å². The molecule has 0 aromatic heterocycles. The lowest BCUT2D eigenvalue weighted by Crippen LogP contribution is -2.20. The molecule has 0 amide bonds. The molecule has 0 heterocycles. The van der Waals surface area contributed by atoms with Gasteiger partial charge in [0.2, 0.25) is 0 Å². The van der Waals surface area contributed by atoms with Gasteiger partial charge in [0.15, 0.2) is 0 Å². The predicted octanol–water partition coefficient (Wildman–Crippen LogP) is 3.43. The van der Waals surface area contributed by atoms with E-state index in [1.165, 1.54) is 5.56 Å². The third-order valence-corrected chi connectivity index (χ3v) is 2.89. The zero-order valence-electron chi connectivity index (χ0n) is 10.2. The number of hydrogen-bond acceptors (Lipinski definition) is 2. The van der Waals surface area contributed by atoms with Crippen molar-refractivity contribution in [3.05, 3.63) is 71.8 Å². The van der Waals surface area contributed by atoms with Crippen molar-refractivity contribution in [2.45, 2.75) is 19.0 Å². The Kier molecular flexibility index (Phi) is 4.52. The summed E-state index contributed by atoms with van der Waals surface area (Å²) in [6, 6.07) is 22.7. The minimum absolute atomic E-state index is 0.0939. The normalized spacial score (nSPS) is 11.7. The lowest BCUT2D eigenvalue weighted by Gasteiger charge is -2.16. The molecule has 1 atom stereocenters.